The van der Waals surface area contributed by atoms with Gasteiger partial charge in [0, 0.05) is 11.6 Å². The Hall–Kier alpha value is -0.890. The minimum Gasteiger partial charge on any atom is -0.313 e. The van der Waals surface area contributed by atoms with Crippen LogP contribution in [0.25, 0.3) is 0 Å². The molecule has 0 aliphatic rings. The first-order valence-corrected chi connectivity index (χ1v) is 7.49. The highest BCUT2D eigenvalue weighted by atomic mass is 19.1. The van der Waals surface area contributed by atoms with E-state index in [-0.39, 0.29) is 11.9 Å². The van der Waals surface area contributed by atoms with Gasteiger partial charge in [0.25, 0.3) is 0 Å². The van der Waals surface area contributed by atoms with Crippen molar-refractivity contribution in [3.8, 4) is 0 Å². The number of unbranched alkanes of at least 4 members (excludes halogenated alkanes) is 1. The zero-order chi connectivity index (χ0) is 14.4. The van der Waals surface area contributed by atoms with Crippen molar-refractivity contribution in [2.75, 3.05) is 7.05 Å². The van der Waals surface area contributed by atoms with Crippen LogP contribution in [-0.4, -0.2) is 7.05 Å². The molecular formula is C17H28FN. The molecule has 2 atom stereocenters. The van der Waals surface area contributed by atoms with E-state index in [1.165, 1.54) is 12.8 Å². The highest BCUT2D eigenvalue weighted by molar-refractivity contribution is 5.34. The lowest BCUT2D eigenvalue weighted by molar-refractivity contribution is 0.330. The first kappa shape index (κ1) is 16.2. The molecule has 0 aromatic heterocycles. The third-order valence-electron chi connectivity index (χ3n) is 4.03. The molecule has 0 radical (unpaired) electrons. The Bertz CT molecular complexity index is 377. The molecule has 19 heavy (non-hydrogen) atoms. The Balaban J connectivity index is 3.07. The summed E-state index contributed by atoms with van der Waals surface area (Å²) in [5, 5.41) is 3.34. The molecule has 108 valence electrons. The maximum atomic E-state index is 14.3. The second-order valence-corrected chi connectivity index (χ2v) is 5.55. The predicted molar refractivity (Wildman–Crippen MR) is 81.0 cm³/mol. The molecule has 2 heteroatoms. The standard InChI is InChI=1S/C17H28FN/c1-6-8-9-14(7-2)17(19-5)16-13(4)10-12(3)11-15(16)18/h10-11,14,17,19H,6-9H2,1-5H3. The van der Waals surface area contributed by atoms with E-state index in [0.717, 1.165) is 29.5 Å². The van der Waals surface area contributed by atoms with Crippen molar-refractivity contribution < 1.29 is 4.39 Å². The quantitative estimate of drug-likeness (QED) is 0.738. The van der Waals surface area contributed by atoms with Gasteiger partial charge in [-0.25, -0.2) is 4.39 Å². The van der Waals surface area contributed by atoms with E-state index in [2.05, 4.69) is 25.2 Å². The van der Waals surface area contributed by atoms with Crippen molar-refractivity contribution in [1.82, 2.24) is 5.32 Å². The summed E-state index contributed by atoms with van der Waals surface area (Å²) in [6, 6.07) is 3.85. The molecule has 0 heterocycles. The predicted octanol–water partition coefficient (Wildman–Crippen LogP) is 4.92. The average molecular weight is 265 g/mol. The first-order valence-electron chi connectivity index (χ1n) is 7.49. The summed E-state index contributed by atoms with van der Waals surface area (Å²) < 4.78 is 14.3. The highest BCUT2D eigenvalue weighted by Gasteiger charge is 2.24. The van der Waals surface area contributed by atoms with Crippen LogP contribution in [0.2, 0.25) is 0 Å². The Morgan fingerprint density at radius 2 is 1.89 bits per heavy atom. The Morgan fingerprint density at radius 3 is 2.37 bits per heavy atom. The zero-order valence-electron chi connectivity index (χ0n) is 13.0. The maximum absolute atomic E-state index is 14.3. The fourth-order valence-electron chi connectivity index (χ4n) is 3.01. The molecule has 1 aromatic rings. The molecule has 1 rings (SSSR count). The fraction of sp³-hybridized carbons (Fsp3) is 0.647. The van der Waals surface area contributed by atoms with Gasteiger partial charge in [-0.15, -0.1) is 0 Å². The molecule has 2 unspecified atom stereocenters. The van der Waals surface area contributed by atoms with Crippen LogP contribution in [0.3, 0.4) is 0 Å². The summed E-state index contributed by atoms with van der Waals surface area (Å²) in [5.74, 6) is 0.438. The molecule has 0 saturated carbocycles. The van der Waals surface area contributed by atoms with Crippen molar-refractivity contribution in [2.45, 2.75) is 59.4 Å². The molecule has 1 N–H and O–H groups in total. The van der Waals surface area contributed by atoms with E-state index in [1.54, 1.807) is 6.07 Å². The molecule has 0 aliphatic carbocycles. The van der Waals surface area contributed by atoms with Gasteiger partial charge in [-0.2, -0.15) is 0 Å². The molecule has 0 bridgehead atoms. The number of halogens is 1. The van der Waals surface area contributed by atoms with E-state index >= 15 is 0 Å². The number of hydrogen-bond acceptors (Lipinski definition) is 1. The second kappa shape index (κ2) is 7.64. The minimum absolute atomic E-state index is 0.0631. The molecule has 0 saturated heterocycles. The van der Waals surface area contributed by atoms with E-state index in [4.69, 9.17) is 0 Å². The van der Waals surface area contributed by atoms with E-state index in [9.17, 15) is 4.39 Å². The third kappa shape index (κ3) is 4.04. The first-order chi connectivity index (χ1) is 9.04. The summed E-state index contributed by atoms with van der Waals surface area (Å²) in [6.07, 6.45) is 4.65. The number of rotatable bonds is 7. The van der Waals surface area contributed by atoms with Crippen LogP contribution in [0.5, 0.6) is 0 Å². The van der Waals surface area contributed by atoms with Crippen LogP contribution in [0.4, 0.5) is 4.39 Å². The zero-order valence-corrected chi connectivity index (χ0v) is 13.0. The van der Waals surface area contributed by atoms with Gasteiger partial charge in [-0.05, 0) is 50.4 Å². The maximum Gasteiger partial charge on any atom is 0.128 e. The lowest BCUT2D eigenvalue weighted by atomic mass is 9.84. The van der Waals surface area contributed by atoms with Crippen LogP contribution in [0, 0.1) is 25.6 Å². The van der Waals surface area contributed by atoms with Gasteiger partial charge in [-0.1, -0.05) is 39.2 Å². The summed E-state index contributed by atoms with van der Waals surface area (Å²) >= 11 is 0. The molecule has 1 nitrogen and oxygen atoms in total. The monoisotopic (exact) mass is 265 g/mol. The van der Waals surface area contributed by atoms with Gasteiger partial charge in [0.2, 0.25) is 0 Å². The van der Waals surface area contributed by atoms with Gasteiger partial charge in [0.15, 0.2) is 0 Å². The number of nitrogens with one attached hydrogen (secondary N) is 1. The third-order valence-corrected chi connectivity index (χ3v) is 4.03. The average Bonchev–Trinajstić information content (AvgIpc) is 2.36. The molecular weight excluding hydrogens is 237 g/mol. The summed E-state index contributed by atoms with van der Waals surface area (Å²) in [5.41, 5.74) is 2.91. The summed E-state index contributed by atoms with van der Waals surface area (Å²) in [6.45, 7) is 8.37. The smallest absolute Gasteiger partial charge is 0.128 e. The van der Waals surface area contributed by atoms with Crippen LogP contribution >= 0.6 is 0 Å². The normalized spacial score (nSPS) is 14.4. The summed E-state index contributed by atoms with van der Waals surface area (Å²) in [4.78, 5) is 0. The Morgan fingerprint density at radius 1 is 1.21 bits per heavy atom. The molecule has 1 aromatic carbocycles. The summed E-state index contributed by atoms with van der Waals surface area (Å²) in [7, 11) is 1.94. The van der Waals surface area contributed by atoms with Crippen molar-refractivity contribution >= 4 is 0 Å². The van der Waals surface area contributed by atoms with Crippen LogP contribution in [0.1, 0.15) is 62.3 Å². The van der Waals surface area contributed by atoms with Crippen molar-refractivity contribution in [3.63, 3.8) is 0 Å². The fourth-order valence-corrected chi connectivity index (χ4v) is 3.01. The number of aryl methyl sites for hydroxylation is 2. The van der Waals surface area contributed by atoms with Crippen molar-refractivity contribution in [2.24, 2.45) is 5.92 Å². The Labute approximate surface area is 117 Å². The molecule has 0 fully saturated rings. The van der Waals surface area contributed by atoms with Crippen molar-refractivity contribution in [1.29, 1.82) is 0 Å². The van der Waals surface area contributed by atoms with E-state index < -0.39 is 0 Å². The van der Waals surface area contributed by atoms with Crippen LogP contribution in [-0.2, 0) is 0 Å². The Kier molecular flexibility index (Phi) is 6.50. The lowest BCUT2D eigenvalue weighted by Gasteiger charge is -2.28. The second-order valence-electron chi connectivity index (χ2n) is 5.55. The molecule has 0 amide bonds. The van der Waals surface area contributed by atoms with E-state index in [1.807, 2.05) is 20.9 Å². The topological polar surface area (TPSA) is 12.0 Å². The van der Waals surface area contributed by atoms with Crippen LogP contribution in [0.15, 0.2) is 12.1 Å². The lowest BCUT2D eigenvalue weighted by Crippen LogP contribution is -2.27. The van der Waals surface area contributed by atoms with Gasteiger partial charge in [0.1, 0.15) is 5.82 Å². The van der Waals surface area contributed by atoms with Crippen molar-refractivity contribution in [3.05, 3.63) is 34.6 Å². The minimum atomic E-state index is -0.0631. The van der Waals surface area contributed by atoms with E-state index in [0.29, 0.717) is 5.92 Å². The largest absolute Gasteiger partial charge is 0.313 e. The SMILES string of the molecule is CCCCC(CC)C(NC)c1c(C)cc(C)cc1F. The number of hydrogen-bond donors (Lipinski definition) is 1. The molecule has 0 aliphatic heterocycles. The van der Waals surface area contributed by atoms with Gasteiger partial charge in [-0.3, -0.25) is 0 Å². The van der Waals surface area contributed by atoms with Gasteiger partial charge in [0.05, 0.1) is 0 Å². The highest BCUT2D eigenvalue weighted by Crippen LogP contribution is 2.32. The number of benzene rings is 1. The van der Waals surface area contributed by atoms with Gasteiger partial charge < -0.3 is 5.32 Å². The molecule has 0 spiro atoms. The van der Waals surface area contributed by atoms with Crippen LogP contribution < -0.4 is 5.32 Å². The van der Waals surface area contributed by atoms with Gasteiger partial charge >= 0.3 is 0 Å².